The number of aromatic nitrogens is 2. The first-order chi connectivity index (χ1) is 13.8. The molecular weight excluding hydrogens is 438 g/mol. The third-order valence-corrected chi connectivity index (χ3v) is 4.31. The predicted molar refractivity (Wildman–Crippen MR) is 96.6 cm³/mol. The highest BCUT2D eigenvalue weighted by atomic mass is 35.5. The molecule has 0 amide bonds. The van der Waals surface area contributed by atoms with Crippen molar-refractivity contribution in [2.24, 2.45) is 0 Å². The van der Waals surface area contributed by atoms with Crippen molar-refractivity contribution in [2.45, 2.75) is 32.5 Å². The van der Waals surface area contributed by atoms with Crippen molar-refractivity contribution in [2.75, 3.05) is 5.84 Å². The van der Waals surface area contributed by atoms with E-state index in [0.717, 1.165) is 0 Å². The SMILES string of the molecule is CCC(OC(=O)c1cc(-n2c(=O)cc(C(F)(F)F)n(N)c2=O)c(F)cc1Cl)C(C)=O. The molecule has 0 saturated heterocycles. The molecule has 2 rings (SSSR count). The number of ketones is 1. The van der Waals surface area contributed by atoms with Gasteiger partial charge in [0.1, 0.15) is 5.82 Å². The summed E-state index contributed by atoms with van der Waals surface area (Å²) in [4.78, 5) is 48.1. The Kier molecular flexibility index (Phi) is 6.40. The Balaban J connectivity index is 2.68. The van der Waals surface area contributed by atoms with E-state index in [1.165, 1.54) is 6.92 Å². The largest absolute Gasteiger partial charge is 0.451 e. The molecule has 1 unspecified atom stereocenters. The van der Waals surface area contributed by atoms with Crippen LogP contribution in [0.3, 0.4) is 0 Å². The van der Waals surface area contributed by atoms with Crippen LogP contribution in [0.25, 0.3) is 5.69 Å². The number of benzene rings is 1. The smallest absolute Gasteiger partial charge is 0.433 e. The summed E-state index contributed by atoms with van der Waals surface area (Å²) in [5, 5.41) is -0.479. The summed E-state index contributed by atoms with van der Waals surface area (Å²) in [6.07, 6.45) is -6.12. The molecule has 2 aromatic rings. The van der Waals surface area contributed by atoms with E-state index in [1.807, 2.05) is 0 Å². The van der Waals surface area contributed by atoms with E-state index >= 15 is 0 Å². The second-order valence-electron chi connectivity index (χ2n) is 6.05. The highest BCUT2D eigenvalue weighted by Crippen LogP contribution is 2.27. The summed E-state index contributed by atoms with van der Waals surface area (Å²) < 4.78 is 57.7. The summed E-state index contributed by atoms with van der Waals surface area (Å²) in [6, 6.07) is 1.20. The monoisotopic (exact) mass is 451 g/mol. The Morgan fingerprint density at radius 2 is 1.83 bits per heavy atom. The molecule has 8 nitrogen and oxygen atoms in total. The molecule has 0 saturated carbocycles. The van der Waals surface area contributed by atoms with E-state index in [0.29, 0.717) is 12.1 Å². The topological polar surface area (TPSA) is 113 Å². The minimum atomic E-state index is -5.12. The minimum Gasteiger partial charge on any atom is -0.451 e. The van der Waals surface area contributed by atoms with Crippen LogP contribution in [-0.4, -0.2) is 27.1 Å². The molecule has 162 valence electrons. The average Bonchev–Trinajstić information content (AvgIpc) is 2.62. The first kappa shape index (κ1) is 23.1. The zero-order chi connectivity index (χ0) is 23.0. The molecule has 1 atom stereocenters. The molecule has 0 aliphatic rings. The van der Waals surface area contributed by atoms with Gasteiger partial charge in [-0.15, -0.1) is 0 Å². The molecule has 1 heterocycles. The lowest BCUT2D eigenvalue weighted by Gasteiger charge is -2.16. The molecule has 0 fully saturated rings. The van der Waals surface area contributed by atoms with E-state index in [-0.39, 0.29) is 21.7 Å². The average molecular weight is 452 g/mol. The van der Waals surface area contributed by atoms with Gasteiger partial charge in [-0.05, 0) is 25.5 Å². The number of carbonyl (C=O) groups excluding carboxylic acids is 2. The van der Waals surface area contributed by atoms with Gasteiger partial charge in [-0.25, -0.2) is 23.2 Å². The Labute approximate surface area is 170 Å². The number of nitrogen functional groups attached to an aromatic ring is 1. The van der Waals surface area contributed by atoms with Crippen molar-refractivity contribution >= 4 is 23.4 Å². The van der Waals surface area contributed by atoms with Crippen LogP contribution in [0.4, 0.5) is 17.6 Å². The number of rotatable bonds is 5. The van der Waals surface area contributed by atoms with Gasteiger partial charge in [0.2, 0.25) is 0 Å². The number of hydrogen-bond donors (Lipinski definition) is 1. The lowest BCUT2D eigenvalue weighted by Crippen LogP contribution is -2.45. The number of esters is 1. The molecule has 0 aliphatic carbocycles. The molecule has 1 aromatic carbocycles. The first-order valence-corrected chi connectivity index (χ1v) is 8.59. The minimum absolute atomic E-state index is 0.0000404. The van der Waals surface area contributed by atoms with Gasteiger partial charge in [0.05, 0.1) is 16.3 Å². The number of nitrogens with two attached hydrogens (primary N) is 1. The zero-order valence-corrected chi connectivity index (χ0v) is 16.2. The number of hydrogen-bond acceptors (Lipinski definition) is 6. The quantitative estimate of drug-likeness (QED) is 0.423. The molecular formula is C17H14ClF4N3O5. The Hall–Kier alpha value is -3.15. The van der Waals surface area contributed by atoms with Gasteiger partial charge in [0.25, 0.3) is 5.56 Å². The van der Waals surface area contributed by atoms with Crippen LogP contribution in [0, 0.1) is 5.82 Å². The Morgan fingerprint density at radius 1 is 1.23 bits per heavy atom. The second kappa shape index (κ2) is 8.30. The predicted octanol–water partition coefficient (Wildman–Crippen LogP) is 2.05. The van der Waals surface area contributed by atoms with Gasteiger partial charge in [-0.2, -0.15) is 13.2 Å². The van der Waals surface area contributed by atoms with Crippen LogP contribution in [-0.2, 0) is 15.7 Å². The molecule has 30 heavy (non-hydrogen) atoms. The third-order valence-electron chi connectivity index (χ3n) is 4.00. The van der Waals surface area contributed by atoms with Gasteiger partial charge in [0.15, 0.2) is 17.6 Å². The molecule has 0 spiro atoms. The maximum absolute atomic E-state index is 14.4. The summed E-state index contributed by atoms with van der Waals surface area (Å²) in [5.74, 6) is 2.17. The summed E-state index contributed by atoms with van der Waals surface area (Å²) in [6.45, 7) is 2.73. The van der Waals surface area contributed by atoms with Crippen molar-refractivity contribution < 1.29 is 31.9 Å². The first-order valence-electron chi connectivity index (χ1n) is 8.21. The fraction of sp³-hybridized carbons (Fsp3) is 0.294. The van der Waals surface area contributed by atoms with Gasteiger partial charge >= 0.3 is 17.8 Å². The van der Waals surface area contributed by atoms with E-state index < -0.39 is 63.1 Å². The standard InChI is InChI=1S/C17H14ClF4N3O5/c1-3-12(7(2)26)30-15(28)8-4-11(10(19)5-9(8)18)24-14(27)6-13(17(20,21)22)25(23)16(24)29/h4-6,12H,3,23H2,1-2H3. The fourth-order valence-corrected chi connectivity index (χ4v) is 2.74. The van der Waals surface area contributed by atoms with E-state index in [9.17, 15) is 36.7 Å². The molecule has 1 aromatic heterocycles. The van der Waals surface area contributed by atoms with Crippen LogP contribution < -0.4 is 17.1 Å². The van der Waals surface area contributed by atoms with Crippen molar-refractivity contribution in [3.63, 3.8) is 0 Å². The van der Waals surface area contributed by atoms with E-state index in [2.05, 4.69) is 0 Å². The Morgan fingerprint density at radius 3 is 2.33 bits per heavy atom. The summed E-state index contributed by atoms with van der Waals surface area (Å²) >= 11 is 5.82. The maximum Gasteiger partial charge on any atom is 0.433 e. The number of Topliss-reactive ketones (excluding diaryl/α,β-unsaturated/α-hetero) is 1. The van der Waals surface area contributed by atoms with Crippen molar-refractivity contribution in [3.8, 4) is 5.69 Å². The number of nitrogens with zero attached hydrogens (tertiary/aromatic N) is 2. The van der Waals surface area contributed by atoms with Crippen LogP contribution in [0.2, 0.25) is 5.02 Å². The van der Waals surface area contributed by atoms with Gasteiger partial charge in [0, 0.05) is 6.07 Å². The summed E-state index contributed by atoms with van der Waals surface area (Å²) in [5.41, 5.74) is -6.43. The Bertz CT molecular complexity index is 1140. The van der Waals surface area contributed by atoms with Crippen LogP contribution in [0.15, 0.2) is 27.8 Å². The lowest BCUT2D eigenvalue weighted by atomic mass is 10.1. The van der Waals surface area contributed by atoms with Gasteiger partial charge in [-0.1, -0.05) is 18.5 Å². The van der Waals surface area contributed by atoms with Gasteiger partial charge < -0.3 is 10.6 Å². The maximum atomic E-state index is 14.4. The second-order valence-corrected chi connectivity index (χ2v) is 6.46. The van der Waals surface area contributed by atoms with Crippen LogP contribution >= 0.6 is 11.6 Å². The zero-order valence-electron chi connectivity index (χ0n) is 15.4. The van der Waals surface area contributed by atoms with Crippen molar-refractivity contribution in [3.05, 3.63) is 61.1 Å². The number of ether oxygens (including phenoxy) is 1. The van der Waals surface area contributed by atoms with E-state index in [4.69, 9.17) is 22.2 Å². The number of halogens is 5. The number of alkyl halides is 3. The van der Waals surface area contributed by atoms with Crippen molar-refractivity contribution in [1.29, 1.82) is 0 Å². The summed E-state index contributed by atoms with van der Waals surface area (Å²) in [7, 11) is 0. The molecule has 13 heteroatoms. The molecule has 0 radical (unpaired) electrons. The molecule has 0 bridgehead atoms. The van der Waals surface area contributed by atoms with Gasteiger partial charge in [-0.3, -0.25) is 9.59 Å². The normalized spacial score (nSPS) is 12.5. The lowest BCUT2D eigenvalue weighted by molar-refractivity contribution is -0.143. The molecule has 0 aliphatic heterocycles. The number of carbonyl (C=O) groups is 2. The van der Waals surface area contributed by atoms with Crippen molar-refractivity contribution in [1.82, 2.24) is 9.24 Å². The van der Waals surface area contributed by atoms with Crippen LogP contribution in [0.5, 0.6) is 0 Å². The highest BCUT2D eigenvalue weighted by molar-refractivity contribution is 6.33. The van der Waals surface area contributed by atoms with E-state index in [1.54, 1.807) is 6.92 Å². The van der Waals surface area contributed by atoms with Crippen LogP contribution in [0.1, 0.15) is 36.3 Å². The highest BCUT2D eigenvalue weighted by Gasteiger charge is 2.36. The molecule has 2 N–H and O–H groups in total. The fourth-order valence-electron chi connectivity index (χ4n) is 2.51. The third kappa shape index (κ3) is 4.37.